The minimum absolute atomic E-state index is 0.0795. The lowest BCUT2D eigenvalue weighted by Crippen LogP contribution is -2.29. The van der Waals surface area contributed by atoms with Gasteiger partial charge in [-0.1, -0.05) is 13.8 Å². The minimum atomic E-state index is -0.111. The molecule has 6 nitrogen and oxygen atoms in total. The Bertz CT molecular complexity index is 721. The molecule has 2 aromatic rings. The number of aliphatic hydroxyl groups is 1. The van der Waals surface area contributed by atoms with Crippen molar-refractivity contribution >= 4 is 27.5 Å². The summed E-state index contributed by atoms with van der Waals surface area (Å²) in [6.07, 6.45) is 3.42. The zero-order valence-corrected chi connectivity index (χ0v) is 14.4. The third kappa shape index (κ3) is 4.87. The highest BCUT2D eigenvalue weighted by molar-refractivity contribution is 7.16. The molecule has 0 atom stereocenters. The van der Waals surface area contributed by atoms with E-state index in [2.05, 4.69) is 10.3 Å². The summed E-state index contributed by atoms with van der Waals surface area (Å²) < 4.78 is 1.48. The van der Waals surface area contributed by atoms with E-state index in [1.807, 2.05) is 19.2 Å². The summed E-state index contributed by atoms with van der Waals surface area (Å²) in [7, 11) is 0. The van der Waals surface area contributed by atoms with E-state index in [1.54, 1.807) is 6.07 Å². The zero-order chi connectivity index (χ0) is 16.9. The van der Waals surface area contributed by atoms with Crippen molar-refractivity contribution in [3.05, 3.63) is 28.1 Å². The van der Waals surface area contributed by atoms with E-state index in [4.69, 9.17) is 0 Å². The van der Waals surface area contributed by atoms with Crippen molar-refractivity contribution in [3.8, 4) is 0 Å². The molecular weight excluding hydrogens is 314 g/mol. The first-order valence-electron chi connectivity index (χ1n) is 7.73. The van der Waals surface area contributed by atoms with Crippen molar-refractivity contribution in [2.24, 2.45) is 5.41 Å². The van der Waals surface area contributed by atoms with Gasteiger partial charge in [-0.3, -0.25) is 14.2 Å². The summed E-state index contributed by atoms with van der Waals surface area (Å²) in [4.78, 5) is 29.0. The Kier molecular flexibility index (Phi) is 5.90. The molecule has 2 N–H and O–H groups in total. The number of carbonyl (C=O) groups is 1. The molecule has 0 unspecified atom stereocenters. The van der Waals surface area contributed by atoms with Crippen LogP contribution in [0.3, 0.4) is 0 Å². The van der Waals surface area contributed by atoms with Crippen LogP contribution < -0.4 is 10.9 Å². The average molecular weight is 337 g/mol. The number of fused-ring (bicyclic) bond motifs is 1. The Balaban J connectivity index is 1.78. The van der Waals surface area contributed by atoms with Gasteiger partial charge in [0, 0.05) is 26.1 Å². The van der Waals surface area contributed by atoms with Crippen molar-refractivity contribution in [1.29, 1.82) is 0 Å². The summed E-state index contributed by atoms with van der Waals surface area (Å²) in [6.45, 7) is 5.04. The van der Waals surface area contributed by atoms with Gasteiger partial charge in [0.25, 0.3) is 5.56 Å². The third-order valence-electron chi connectivity index (χ3n) is 3.81. The van der Waals surface area contributed by atoms with Gasteiger partial charge < -0.3 is 10.4 Å². The van der Waals surface area contributed by atoms with Gasteiger partial charge in [0.2, 0.25) is 5.91 Å². The maximum Gasteiger partial charge on any atom is 0.262 e. The SMILES string of the molecule is CC(C)(CO)CCCNC(=O)CCn1cnc2sccc2c1=O. The molecule has 0 saturated carbocycles. The highest BCUT2D eigenvalue weighted by Gasteiger charge is 2.15. The van der Waals surface area contributed by atoms with Gasteiger partial charge in [-0.05, 0) is 29.7 Å². The number of aromatic nitrogens is 2. The zero-order valence-electron chi connectivity index (χ0n) is 13.5. The predicted octanol–water partition coefficient (Wildman–Crippen LogP) is 1.76. The van der Waals surface area contributed by atoms with E-state index in [1.165, 1.54) is 22.2 Å². The molecule has 7 heteroatoms. The fourth-order valence-corrected chi connectivity index (χ4v) is 2.96. The molecule has 2 heterocycles. The predicted molar refractivity (Wildman–Crippen MR) is 91.6 cm³/mol. The van der Waals surface area contributed by atoms with Crippen molar-refractivity contribution in [3.63, 3.8) is 0 Å². The second-order valence-electron chi connectivity index (χ2n) is 6.41. The molecule has 2 aromatic heterocycles. The monoisotopic (exact) mass is 337 g/mol. The van der Waals surface area contributed by atoms with Crippen LogP contribution in [-0.4, -0.2) is 33.7 Å². The number of carbonyl (C=O) groups excluding carboxylic acids is 1. The first-order chi connectivity index (χ1) is 10.9. The van der Waals surface area contributed by atoms with Crippen molar-refractivity contribution in [2.75, 3.05) is 13.2 Å². The van der Waals surface area contributed by atoms with Crippen molar-refractivity contribution in [1.82, 2.24) is 14.9 Å². The van der Waals surface area contributed by atoms with E-state index in [0.717, 1.165) is 17.7 Å². The Morgan fingerprint density at radius 3 is 3.00 bits per heavy atom. The molecule has 0 aliphatic rings. The van der Waals surface area contributed by atoms with Gasteiger partial charge in [-0.15, -0.1) is 11.3 Å². The Morgan fingerprint density at radius 2 is 2.26 bits per heavy atom. The van der Waals surface area contributed by atoms with Gasteiger partial charge in [-0.2, -0.15) is 0 Å². The molecular formula is C16H23N3O3S. The maximum atomic E-state index is 12.2. The number of hydrogen-bond acceptors (Lipinski definition) is 5. The lowest BCUT2D eigenvalue weighted by atomic mass is 9.89. The van der Waals surface area contributed by atoms with E-state index < -0.39 is 0 Å². The van der Waals surface area contributed by atoms with Gasteiger partial charge >= 0.3 is 0 Å². The number of nitrogens with one attached hydrogen (secondary N) is 1. The number of nitrogens with zero attached hydrogens (tertiary/aromatic N) is 2. The first kappa shape index (κ1) is 17.6. The largest absolute Gasteiger partial charge is 0.396 e. The molecule has 0 spiro atoms. The van der Waals surface area contributed by atoms with Crippen LogP contribution in [0.1, 0.15) is 33.1 Å². The average Bonchev–Trinajstić information content (AvgIpc) is 3.00. The molecule has 0 aromatic carbocycles. The molecule has 2 rings (SSSR count). The van der Waals surface area contributed by atoms with Crippen LogP contribution in [-0.2, 0) is 11.3 Å². The van der Waals surface area contributed by atoms with Gasteiger partial charge in [0.05, 0.1) is 11.7 Å². The van der Waals surface area contributed by atoms with Crippen LogP contribution in [0.4, 0.5) is 0 Å². The van der Waals surface area contributed by atoms with Gasteiger partial charge in [0.1, 0.15) is 4.83 Å². The summed E-state index contributed by atoms with van der Waals surface area (Å²) in [5.74, 6) is -0.0795. The summed E-state index contributed by atoms with van der Waals surface area (Å²) in [5, 5.41) is 14.5. The molecule has 23 heavy (non-hydrogen) atoms. The van der Waals surface area contributed by atoms with Crippen molar-refractivity contribution in [2.45, 2.75) is 39.7 Å². The van der Waals surface area contributed by atoms with Crippen LogP contribution >= 0.6 is 11.3 Å². The standard InChI is InChI=1S/C16H23N3O3S/c1-16(2,10-20)6-3-7-17-13(21)4-8-19-11-18-14-12(15(19)22)5-9-23-14/h5,9,11,20H,3-4,6-8,10H2,1-2H3,(H,17,21). The molecule has 0 bridgehead atoms. The summed E-state index contributed by atoms with van der Waals surface area (Å²) >= 11 is 1.43. The minimum Gasteiger partial charge on any atom is -0.396 e. The smallest absolute Gasteiger partial charge is 0.262 e. The molecule has 0 radical (unpaired) electrons. The van der Waals surface area contributed by atoms with Gasteiger partial charge in [0.15, 0.2) is 0 Å². The third-order valence-corrected chi connectivity index (χ3v) is 4.63. The fourth-order valence-electron chi connectivity index (χ4n) is 2.24. The second kappa shape index (κ2) is 7.70. The topological polar surface area (TPSA) is 84.2 Å². The lowest BCUT2D eigenvalue weighted by Gasteiger charge is -2.21. The number of aliphatic hydroxyl groups excluding tert-OH is 1. The van der Waals surface area contributed by atoms with E-state index in [0.29, 0.717) is 18.5 Å². The molecule has 0 aliphatic heterocycles. The maximum absolute atomic E-state index is 12.2. The summed E-state index contributed by atoms with van der Waals surface area (Å²) in [5.41, 5.74) is -0.214. The second-order valence-corrected chi connectivity index (χ2v) is 7.30. The molecule has 0 fully saturated rings. The molecule has 0 saturated heterocycles. The highest BCUT2D eigenvalue weighted by atomic mass is 32.1. The number of hydrogen-bond donors (Lipinski definition) is 2. The van der Waals surface area contributed by atoms with Crippen molar-refractivity contribution < 1.29 is 9.90 Å². The lowest BCUT2D eigenvalue weighted by molar-refractivity contribution is -0.121. The summed E-state index contributed by atoms with van der Waals surface area (Å²) in [6, 6.07) is 1.76. The highest BCUT2D eigenvalue weighted by Crippen LogP contribution is 2.20. The van der Waals surface area contributed by atoms with Crippen LogP contribution in [0, 0.1) is 5.41 Å². The normalized spacial score (nSPS) is 11.8. The van der Waals surface area contributed by atoms with E-state index >= 15 is 0 Å². The van der Waals surface area contributed by atoms with E-state index in [9.17, 15) is 14.7 Å². The Morgan fingerprint density at radius 1 is 1.48 bits per heavy atom. The molecule has 1 amide bonds. The van der Waals surface area contributed by atoms with Crippen LogP contribution in [0.5, 0.6) is 0 Å². The van der Waals surface area contributed by atoms with Crippen LogP contribution in [0.15, 0.2) is 22.6 Å². The van der Waals surface area contributed by atoms with Gasteiger partial charge in [-0.25, -0.2) is 4.98 Å². The molecule has 126 valence electrons. The number of rotatable bonds is 8. The molecule has 0 aliphatic carbocycles. The van der Waals surface area contributed by atoms with Crippen LogP contribution in [0.2, 0.25) is 0 Å². The van der Waals surface area contributed by atoms with E-state index in [-0.39, 0.29) is 29.9 Å². The number of thiophene rings is 1. The number of aryl methyl sites for hydroxylation is 1. The number of amides is 1. The Labute approximate surface area is 139 Å². The first-order valence-corrected chi connectivity index (χ1v) is 8.61. The fraction of sp³-hybridized carbons (Fsp3) is 0.562. The van der Waals surface area contributed by atoms with Crippen LogP contribution in [0.25, 0.3) is 10.2 Å². The Hall–Kier alpha value is -1.73. The quantitative estimate of drug-likeness (QED) is 0.719.